The van der Waals surface area contributed by atoms with Gasteiger partial charge in [0.15, 0.2) is 0 Å². The van der Waals surface area contributed by atoms with Gasteiger partial charge in [0.1, 0.15) is 5.75 Å². The molecule has 2 aromatic carbocycles. The molecule has 0 aromatic heterocycles. The van der Waals surface area contributed by atoms with Gasteiger partial charge in [0.2, 0.25) is 10.0 Å². The van der Waals surface area contributed by atoms with Crippen LogP contribution in [0.2, 0.25) is 0 Å². The first kappa shape index (κ1) is 19.9. The molecule has 1 N–H and O–H groups in total. The van der Waals surface area contributed by atoms with Gasteiger partial charge in [0.05, 0.1) is 12.4 Å². The zero-order valence-corrected chi connectivity index (χ0v) is 16.5. The summed E-state index contributed by atoms with van der Waals surface area (Å²) in [5, 5.41) is 3.32. The average Bonchev–Trinajstić information content (AvgIpc) is 3.02. The Labute approximate surface area is 162 Å². The van der Waals surface area contributed by atoms with Crippen molar-refractivity contribution in [3.63, 3.8) is 0 Å². The van der Waals surface area contributed by atoms with Gasteiger partial charge in [-0.2, -0.15) is 0 Å². The standard InChI is InChI=1S/C21H28N2O3S/c24-27(25)16-6-13-23(27)14-12-22-18-20-9-4-11-21(17-20)26-15-5-10-19-7-2-1-3-8-19/h1-4,7-9,11,17,22H,5-6,10,12-16,18H2. The summed E-state index contributed by atoms with van der Waals surface area (Å²) in [4.78, 5) is 0. The second kappa shape index (κ2) is 9.88. The molecule has 146 valence electrons. The Morgan fingerprint density at radius 2 is 1.85 bits per heavy atom. The number of aryl methyl sites for hydroxylation is 1. The highest BCUT2D eigenvalue weighted by molar-refractivity contribution is 7.89. The lowest BCUT2D eigenvalue weighted by atomic mass is 10.1. The summed E-state index contributed by atoms with van der Waals surface area (Å²) in [6, 6.07) is 18.5. The fraction of sp³-hybridized carbons (Fsp3) is 0.429. The monoisotopic (exact) mass is 388 g/mol. The van der Waals surface area contributed by atoms with Crippen molar-refractivity contribution in [2.75, 3.05) is 32.0 Å². The number of benzene rings is 2. The molecule has 0 radical (unpaired) electrons. The van der Waals surface area contributed by atoms with E-state index >= 15 is 0 Å². The molecule has 27 heavy (non-hydrogen) atoms. The molecule has 0 saturated carbocycles. The molecule has 2 aromatic rings. The molecule has 1 fully saturated rings. The summed E-state index contributed by atoms with van der Waals surface area (Å²) in [6.45, 7) is 3.24. The third-order valence-corrected chi connectivity index (χ3v) is 6.65. The number of nitrogens with one attached hydrogen (secondary N) is 1. The van der Waals surface area contributed by atoms with E-state index in [0.717, 1.165) is 30.6 Å². The number of rotatable bonds is 10. The van der Waals surface area contributed by atoms with E-state index in [-0.39, 0.29) is 5.75 Å². The SMILES string of the molecule is O=S1(=O)CCCN1CCNCc1cccc(OCCCc2ccccc2)c1. The predicted molar refractivity (Wildman–Crippen MR) is 108 cm³/mol. The van der Waals surface area contributed by atoms with E-state index in [2.05, 4.69) is 35.6 Å². The first-order valence-corrected chi connectivity index (χ1v) is 11.2. The van der Waals surface area contributed by atoms with Gasteiger partial charge in [-0.3, -0.25) is 0 Å². The molecule has 6 heteroatoms. The molecule has 0 unspecified atom stereocenters. The lowest BCUT2D eigenvalue weighted by molar-refractivity contribution is 0.310. The van der Waals surface area contributed by atoms with Crippen molar-refractivity contribution in [2.45, 2.75) is 25.8 Å². The van der Waals surface area contributed by atoms with Gasteiger partial charge in [0, 0.05) is 26.2 Å². The van der Waals surface area contributed by atoms with Crippen LogP contribution >= 0.6 is 0 Å². The normalized spacial score (nSPS) is 16.4. The highest BCUT2D eigenvalue weighted by atomic mass is 32.2. The minimum Gasteiger partial charge on any atom is -0.494 e. The van der Waals surface area contributed by atoms with Crippen LogP contribution in [0.4, 0.5) is 0 Å². The highest BCUT2D eigenvalue weighted by Crippen LogP contribution is 2.15. The van der Waals surface area contributed by atoms with E-state index in [1.54, 1.807) is 4.31 Å². The summed E-state index contributed by atoms with van der Waals surface area (Å²) in [5.74, 6) is 1.17. The number of nitrogens with zero attached hydrogens (tertiary/aromatic N) is 1. The van der Waals surface area contributed by atoms with Crippen LogP contribution in [0.3, 0.4) is 0 Å². The van der Waals surface area contributed by atoms with Gasteiger partial charge in [-0.25, -0.2) is 12.7 Å². The van der Waals surface area contributed by atoms with Crippen molar-refractivity contribution >= 4 is 10.0 Å². The Morgan fingerprint density at radius 3 is 2.63 bits per heavy atom. The minimum absolute atomic E-state index is 0.288. The third-order valence-electron chi connectivity index (χ3n) is 4.69. The van der Waals surface area contributed by atoms with Crippen LogP contribution in [0.1, 0.15) is 24.0 Å². The van der Waals surface area contributed by atoms with Crippen LogP contribution in [-0.2, 0) is 23.0 Å². The molecule has 0 spiro atoms. The van der Waals surface area contributed by atoms with Crippen LogP contribution in [0.15, 0.2) is 54.6 Å². The van der Waals surface area contributed by atoms with E-state index in [1.807, 2.05) is 24.3 Å². The van der Waals surface area contributed by atoms with Crippen molar-refractivity contribution in [3.8, 4) is 5.75 Å². The largest absolute Gasteiger partial charge is 0.494 e. The van der Waals surface area contributed by atoms with Crippen molar-refractivity contribution in [1.82, 2.24) is 9.62 Å². The molecule has 0 amide bonds. The maximum Gasteiger partial charge on any atom is 0.214 e. The maximum atomic E-state index is 11.8. The molecule has 1 aliphatic heterocycles. The van der Waals surface area contributed by atoms with Crippen molar-refractivity contribution in [2.24, 2.45) is 0 Å². The number of sulfonamides is 1. The van der Waals surface area contributed by atoms with E-state index in [1.165, 1.54) is 5.56 Å². The van der Waals surface area contributed by atoms with Crippen molar-refractivity contribution in [1.29, 1.82) is 0 Å². The van der Waals surface area contributed by atoms with Gasteiger partial charge >= 0.3 is 0 Å². The highest BCUT2D eigenvalue weighted by Gasteiger charge is 2.27. The topological polar surface area (TPSA) is 58.6 Å². The van der Waals surface area contributed by atoms with E-state index in [0.29, 0.717) is 32.8 Å². The van der Waals surface area contributed by atoms with Crippen LogP contribution in [0.5, 0.6) is 5.75 Å². The lowest BCUT2D eigenvalue weighted by Gasteiger charge is -2.14. The van der Waals surface area contributed by atoms with Crippen molar-refractivity contribution in [3.05, 3.63) is 65.7 Å². The zero-order chi connectivity index (χ0) is 19.0. The molecule has 0 aliphatic carbocycles. The van der Waals surface area contributed by atoms with Gasteiger partial charge in [-0.15, -0.1) is 0 Å². The van der Waals surface area contributed by atoms with Crippen LogP contribution in [-0.4, -0.2) is 44.7 Å². The van der Waals surface area contributed by atoms with E-state index < -0.39 is 10.0 Å². The summed E-state index contributed by atoms with van der Waals surface area (Å²) in [6.07, 6.45) is 2.74. The second-order valence-electron chi connectivity index (χ2n) is 6.83. The molecule has 0 bridgehead atoms. The molecule has 1 heterocycles. The third kappa shape index (κ3) is 6.34. The van der Waals surface area contributed by atoms with Crippen molar-refractivity contribution < 1.29 is 13.2 Å². The molecule has 1 aliphatic rings. The number of ether oxygens (including phenoxy) is 1. The molecule has 0 atom stereocenters. The summed E-state index contributed by atoms with van der Waals surface area (Å²) >= 11 is 0. The molecular formula is C21H28N2O3S. The first-order chi connectivity index (χ1) is 13.1. The smallest absolute Gasteiger partial charge is 0.214 e. The van der Waals surface area contributed by atoms with Gasteiger partial charge < -0.3 is 10.1 Å². The first-order valence-electron chi connectivity index (χ1n) is 9.58. The van der Waals surface area contributed by atoms with Crippen LogP contribution in [0.25, 0.3) is 0 Å². The fourth-order valence-electron chi connectivity index (χ4n) is 3.24. The zero-order valence-electron chi connectivity index (χ0n) is 15.6. The van der Waals surface area contributed by atoms with Crippen LogP contribution in [0, 0.1) is 0 Å². The molecular weight excluding hydrogens is 360 g/mol. The quantitative estimate of drug-likeness (QED) is 0.636. The number of hydrogen-bond donors (Lipinski definition) is 1. The lowest BCUT2D eigenvalue weighted by Crippen LogP contribution is -2.33. The van der Waals surface area contributed by atoms with Gasteiger partial charge in [-0.1, -0.05) is 42.5 Å². The summed E-state index contributed by atoms with van der Waals surface area (Å²) < 4.78 is 31.0. The average molecular weight is 389 g/mol. The van der Waals surface area contributed by atoms with E-state index in [9.17, 15) is 8.42 Å². The predicted octanol–water partition coefficient (Wildman–Crippen LogP) is 2.82. The maximum absolute atomic E-state index is 11.8. The van der Waals surface area contributed by atoms with Gasteiger partial charge in [-0.05, 0) is 42.5 Å². The molecule has 3 rings (SSSR count). The van der Waals surface area contributed by atoms with Crippen LogP contribution < -0.4 is 10.1 Å². The molecule has 1 saturated heterocycles. The number of hydrogen-bond acceptors (Lipinski definition) is 4. The Kier molecular flexibility index (Phi) is 7.26. The Hall–Kier alpha value is -1.89. The Morgan fingerprint density at radius 1 is 1.04 bits per heavy atom. The summed E-state index contributed by atoms with van der Waals surface area (Å²) in [5.41, 5.74) is 2.47. The second-order valence-corrected chi connectivity index (χ2v) is 8.92. The van der Waals surface area contributed by atoms with Gasteiger partial charge in [0.25, 0.3) is 0 Å². The fourth-order valence-corrected chi connectivity index (χ4v) is 4.76. The van der Waals surface area contributed by atoms with E-state index in [4.69, 9.17) is 4.74 Å². The Balaban J connectivity index is 1.36. The molecule has 5 nitrogen and oxygen atoms in total. The Bertz CT molecular complexity index is 809. The minimum atomic E-state index is -3.00. The summed E-state index contributed by atoms with van der Waals surface area (Å²) in [7, 11) is -3.00.